The molecule has 21 heavy (non-hydrogen) atoms. The van der Waals surface area contributed by atoms with Gasteiger partial charge in [-0.3, -0.25) is 0 Å². The lowest BCUT2D eigenvalue weighted by molar-refractivity contribution is 0.240. The topological polar surface area (TPSA) is 41.1 Å². The zero-order chi connectivity index (χ0) is 15.1. The van der Waals surface area contributed by atoms with Crippen LogP contribution in [0.25, 0.3) is 0 Å². The maximum absolute atomic E-state index is 12.7. The molecule has 110 valence electrons. The lowest BCUT2D eigenvalue weighted by Crippen LogP contribution is -2.36. The van der Waals surface area contributed by atoms with Crippen LogP contribution < -0.4 is 10.6 Å². The van der Waals surface area contributed by atoms with Crippen LogP contribution in [0.15, 0.2) is 48.5 Å². The van der Waals surface area contributed by atoms with Crippen LogP contribution in [0.4, 0.5) is 9.18 Å². The van der Waals surface area contributed by atoms with Gasteiger partial charge in [0.25, 0.3) is 0 Å². The number of carbonyl (C=O) groups is 1. The van der Waals surface area contributed by atoms with Crippen LogP contribution in [0.5, 0.6) is 0 Å². The Kier molecular flexibility index (Phi) is 5.58. The summed E-state index contributed by atoms with van der Waals surface area (Å²) in [7, 11) is 0. The van der Waals surface area contributed by atoms with Crippen LogP contribution in [0.1, 0.15) is 11.1 Å². The molecule has 2 N–H and O–H groups in total. The van der Waals surface area contributed by atoms with Gasteiger partial charge in [-0.25, -0.2) is 9.18 Å². The molecule has 0 saturated heterocycles. The normalized spacial score (nSPS) is 10.2. The largest absolute Gasteiger partial charge is 0.338 e. The number of nitrogens with one attached hydrogen (secondary N) is 2. The molecule has 0 aliphatic rings. The summed E-state index contributed by atoms with van der Waals surface area (Å²) in [5.41, 5.74) is 1.92. The molecule has 3 nitrogen and oxygen atoms in total. The highest BCUT2D eigenvalue weighted by atomic mass is 35.5. The highest BCUT2D eigenvalue weighted by Crippen LogP contribution is 2.10. The third kappa shape index (κ3) is 5.44. The van der Waals surface area contributed by atoms with Gasteiger partial charge in [0, 0.05) is 18.1 Å². The average Bonchev–Trinajstić information content (AvgIpc) is 2.47. The van der Waals surface area contributed by atoms with E-state index in [1.165, 1.54) is 12.1 Å². The SMILES string of the molecule is O=C(NCCc1ccc(F)cc1)NCc1cccc(Cl)c1. The molecule has 5 heteroatoms. The van der Waals surface area contributed by atoms with Gasteiger partial charge < -0.3 is 10.6 Å². The van der Waals surface area contributed by atoms with E-state index in [1.807, 2.05) is 12.1 Å². The van der Waals surface area contributed by atoms with E-state index in [0.717, 1.165) is 11.1 Å². The number of carbonyl (C=O) groups excluding carboxylic acids is 1. The van der Waals surface area contributed by atoms with Crippen LogP contribution in [-0.2, 0) is 13.0 Å². The predicted octanol–water partition coefficient (Wildman–Crippen LogP) is 3.52. The van der Waals surface area contributed by atoms with Crippen molar-refractivity contribution in [2.75, 3.05) is 6.54 Å². The van der Waals surface area contributed by atoms with Crippen molar-refractivity contribution < 1.29 is 9.18 Å². The first-order valence-corrected chi connectivity index (χ1v) is 7.02. The number of urea groups is 1. The van der Waals surface area contributed by atoms with Crippen molar-refractivity contribution in [3.63, 3.8) is 0 Å². The monoisotopic (exact) mass is 306 g/mol. The molecule has 0 unspecified atom stereocenters. The minimum absolute atomic E-state index is 0.239. The quantitative estimate of drug-likeness (QED) is 0.872. The van der Waals surface area contributed by atoms with Crippen LogP contribution in [-0.4, -0.2) is 12.6 Å². The van der Waals surface area contributed by atoms with E-state index in [9.17, 15) is 9.18 Å². The summed E-state index contributed by atoms with van der Waals surface area (Å²) in [6, 6.07) is 13.3. The van der Waals surface area contributed by atoms with Gasteiger partial charge in [-0.15, -0.1) is 0 Å². The van der Waals surface area contributed by atoms with Gasteiger partial charge in [0.05, 0.1) is 0 Å². The van der Waals surface area contributed by atoms with E-state index >= 15 is 0 Å². The molecule has 0 fully saturated rings. The first kappa shape index (κ1) is 15.3. The summed E-state index contributed by atoms with van der Waals surface area (Å²) in [6.07, 6.45) is 0.658. The van der Waals surface area contributed by atoms with Crippen LogP contribution in [0.3, 0.4) is 0 Å². The molecule has 0 bridgehead atoms. The summed E-state index contributed by atoms with van der Waals surface area (Å²) in [5.74, 6) is -0.258. The molecule has 0 saturated carbocycles. The van der Waals surface area contributed by atoms with Crippen molar-refractivity contribution in [3.8, 4) is 0 Å². The highest BCUT2D eigenvalue weighted by Gasteiger charge is 2.01. The van der Waals surface area contributed by atoms with Gasteiger partial charge >= 0.3 is 6.03 Å². The number of hydrogen-bond acceptors (Lipinski definition) is 1. The van der Waals surface area contributed by atoms with E-state index in [1.54, 1.807) is 24.3 Å². The second kappa shape index (κ2) is 7.64. The fourth-order valence-electron chi connectivity index (χ4n) is 1.86. The third-order valence-corrected chi connectivity index (χ3v) is 3.19. The van der Waals surface area contributed by atoms with Crippen LogP contribution in [0, 0.1) is 5.82 Å². The van der Waals surface area contributed by atoms with Gasteiger partial charge in [0.15, 0.2) is 0 Å². The third-order valence-electron chi connectivity index (χ3n) is 2.95. The fourth-order valence-corrected chi connectivity index (χ4v) is 2.08. The van der Waals surface area contributed by atoms with Gasteiger partial charge in [0.2, 0.25) is 0 Å². The smallest absolute Gasteiger partial charge is 0.315 e. The lowest BCUT2D eigenvalue weighted by Gasteiger charge is -2.08. The molecule has 2 rings (SSSR count). The number of benzene rings is 2. The maximum Gasteiger partial charge on any atom is 0.315 e. The molecule has 0 aromatic heterocycles. The summed E-state index contributed by atoms with van der Waals surface area (Å²) < 4.78 is 12.7. The minimum atomic E-state index is -0.258. The van der Waals surface area contributed by atoms with E-state index in [-0.39, 0.29) is 11.8 Å². The molecule has 2 amide bonds. The Morgan fingerprint density at radius 2 is 1.81 bits per heavy atom. The lowest BCUT2D eigenvalue weighted by atomic mass is 10.1. The van der Waals surface area contributed by atoms with Crippen molar-refractivity contribution >= 4 is 17.6 Å². The molecule has 0 radical (unpaired) electrons. The highest BCUT2D eigenvalue weighted by molar-refractivity contribution is 6.30. The van der Waals surface area contributed by atoms with Crippen molar-refractivity contribution in [2.45, 2.75) is 13.0 Å². The fraction of sp³-hybridized carbons (Fsp3) is 0.188. The Bertz CT molecular complexity index is 601. The Labute approximate surface area is 128 Å². The molecular weight excluding hydrogens is 291 g/mol. The van der Waals surface area contributed by atoms with Crippen LogP contribution >= 0.6 is 11.6 Å². The van der Waals surface area contributed by atoms with Crippen molar-refractivity contribution in [1.82, 2.24) is 10.6 Å². The van der Waals surface area contributed by atoms with Gasteiger partial charge in [0.1, 0.15) is 5.82 Å². The second-order valence-electron chi connectivity index (χ2n) is 4.62. The van der Waals surface area contributed by atoms with Gasteiger partial charge in [-0.1, -0.05) is 35.9 Å². The molecule has 0 atom stereocenters. The van der Waals surface area contributed by atoms with E-state index < -0.39 is 0 Å². The van der Waals surface area contributed by atoms with Gasteiger partial charge in [-0.05, 0) is 41.8 Å². The molecule has 0 aliphatic heterocycles. The Hall–Kier alpha value is -2.07. The maximum atomic E-state index is 12.7. The molecule has 0 aliphatic carbocycles. The van der Waals surface area contributed by atoms with E-state index in [0.29, 0.717) is 24.5 Å². The molecule has 2 aromatic carbocycles. The molecular formula is C16H16ClFN2O. The van der Waals surface area contributed by atoms with E-state index in [4.69, 9.17) is 11.6 Å². The molecule has 0 spiro atoms. The second-order valence-corrected chi connectivity index (χ2v) is 5.05. The summed E-state index contributed by atoms with van der Waals surface area (Å²) in [4.78, 5) is 11.6. The summed E-state index contributed by atoms with van der Waals surface area (Å²) in [6.45, 7) is 0.913. The Balaban J connectivity index is 1.69. The Morgan fingerprint density at radius 3 is 2.52 bits per heavy atom. The molecule has 0 heterocycles. The van der Waals surface area contributed by atoms with E-state index in [2.05, 4.69) is 10.6 Å². The van der Waals surface area contributed by atoms with Crippen LogP contribution in [0.2, 0.25) is 5.02 Å². The minimum Gasteiger partial charge on any atom is -0.338 e. The summed E-state index contributed by atoms with van der Waals surface area (Å²) >= 11 is 5.87. The first-order chi connectivity index (χ1) is 10.1. The van der Waals surface area contributed by atoms with Crippen molar-refractivity contribution in [1.29, 1.82) is 0 Å². The van der Waals surface area contributed by atoms with Gasteiger partial charge in [-0.2, -0.15) is 0 Å². The number of rotatable bonds is 5. The standard InChI is InChI=1S/C16H16ClFN2O/c17-14-3-1-2-13(10-14)11-20-16(21)19-9-8-12-4-6-15(18)7-5-12/h1-7,10H,8-9,11H2,(H2,19,20,21). The van der Waals surface area contributed by atoms with Crippen molar-refractivity contribution in [3.05, 3.63) is 70.5 Å². The number of halogens is 2. The molecule has 2 aromatic rings. The zero-order valence-corrected chi connectivity index (χ0v) is 12.2. The Morgan fingerprint density at radius 1 is 1.05 bits per heavy atom. The zero-order valence-electron chi connectivity index (χ0n) is 11.4. The number of hydrogen-bond donors (Lipinski definition) is 2. The predicted molar refractivity (Wildman–Crippen MR) is 81.8 cm³/mol. The summed E-state index contributed by atoms with van der Waals surface area (Å²) in [5, 5.41) is 6.15. The van der Waals surface area contributed by atoms with Crippen molar-refractivity contribution in [2.24, 2.45) is 0 Å². The average molecular weight is 307 g/mol. The number of amides is 2. The first-order valence-electron chi connectivity index (χ1n) is 6.64.